The number of rotatable bonds is 5. The molecule has 0 fully saturated rings. The SMILES string of the molecule is Cc1ccc(NC(=O)C[C@@H]2SC(N3N=C(c4ccc(F)cc4)C[C@H]3c3cccc(Cl)c3)=NC2=O)cc1. The molecule has 1 N–H and O–H groups in total. The number of nitrogens with one attached hydrogen (secondary N) is 1. The third-order valence-electron chi connectivity index (χ3n) is 5.95. The molecule has 9 heteroatoms. The van der Waals surface area contributed by atoms with Gasteiger partial charge in [-0.3, -0.25) is 9.59 Å². The summed E-state index contributed by atoms with van der Waals surface area (Å²) >= 11 is 7.47. The van der Waals surface area contributed by atoms with E-state index < -0.39 is 5.25 Å². The molecule has 0 bridgehead atoms. The Hall–Kier alpha value is -3.49. The number of aliphatic imine (C=N–C) groups is 1. The van der Waals surface area contributed by atoms with E-state index in [9.17, 15) is 14.0 Å². The number of carbonyl (C=O) groups is 2. The first-order chi connectivity index (χ1) is 17.4. The summed E-state index contributed by atoms with van der Waals surface area (Å²) in [5.41, 5.74) is 4.22. The zero-order valence-corrected chi connectivity index (χ0v) is 20.9. The summed E-state index contributed by atoms with van der Waals surface area (Å²) in [5, 5.41) is 9.68. The molecule has 2 amide bonds. The number of hydrogen-bond acceptors (Lipinski definition) is 5. The smallest absolute Gasteiger partial charge is 0.262 e. The van der Waals surface area contributed by atoms with Crippen LogP contribution >= 0.6 is 23.4 Å². The summed E-state index contributed by atoms with van der Waals surface area (Å²) in [5.74, 6) is -0.956. The van der Waals surface area contributed by atoms with Gasteiger partial charge in [0.2, 0.25) is 5.91 Å². The quantitative estimate of drug-likeness (QED) is 0.450. The van der Waals surface area contributed by atoms with Crippen molar-refractivity contribution in [2.45, 2.75) is 31.1 Å². The van der Waals surface area contributed by atoms with Gasteiger partial charge in [-0.1, -0.05) is 65.3 Å². The van der Waals surface area contributed by atoms with Crippen molar-refractivity contribution in [3.05, 3.63) is 100 Å². The summed E-state index contributed by atoms with van der Waals surface area (Å²) < 4.78 is 13.5. The fraction of sp³-hybridized carbons (Fsp3) is 0.185. The topological polar surface area (TPSA) is 74.1 Å². The maximum absolute atomic E-state index is 13.5. The molecule has 0 saturated carbocycles. The number of benzene rings is 3. The van der Waals surface area contributed by atoms with E-state index in [0.717, 1.165) is 22.4 Å². The van der Waals surface area contributed by atoms with E-state index in [1.165, 1.54) is 23.9 Å². The Kier molecular flexibility index (Phi) is 6.89. The van der Waals surface area contributed by atoms with Gasteiger partial charge in [-0.15, -0.1) is 0 Å². The lowest BCUT2D eigenvalue weighted by atomic mass is 9.98. The second-order valence-corrected chi connectivity index (χ2v) is 10.2. The van der Waals surface area contributed by atoms with Gasteiger partial charge >= 0.3 is 0 Å². The minimum Gasteiger partial charge on any atom is -0.326 e. The molecule has 0 saturated heterocycles. The highest BCUT2D eigenvalue weighted by Gasteiger charge is 2.39. The molecule has 0 unspecified atom stereocenters. The molecule has 0 spiro atoms. The van der Waals surface area contributed by atoms with Crippen LogP contribution in [-0.4, -0.2) is 33.0 Å². The fourth-order valence-electron chi connectivity index (χ4n) is 4.10. The Morgan fingerprint density at radius 1 is 1.14 bits per heavy atom. The molecule has 0 aliphatic carbocycles. The molecule has 0 aromatic heterocycles. The molecule has 2 heterocycles. The van der Waals surface area contributed by atoms with Gasteiger partial charge in [-0.25, -0.2) is 9.40 Å². The van der Waals surface area contributed by atoms with E-state index in [2.05, 4.69) is 10.3 Å². The minimum atomic E-state index is -0.643. The summed E-state index contributed by atoms with van der Waals surface area (Å²) in [7, 11) is 0. The molecule has 2 aliphatic heterocycles. The fourth-order valence-corrected chi connectivity index (χ4v) is 5.36. The van der Waals surface area contributed by atoms with E-state index >= 15 is 0 Å². The van der Waals surface area contributed by atoms with E-state index in [1.54, 1.807) is 23.2 Å². The van der Waals surface area contributed by atoms with Crippen LogP contribution in [0.4, 0.5) is 10.1 Å². The van der Waals surface area contributed by atoms with Crippen LogP contribution in [0.5, 0.6) is 0 Å². The molecule has 3 aromatic rings. The van der Waals surface area contributed by atoms with Crippen molar-refractivity contribution in [3.8, 4) is 0 Å². The third kappa shape index (κ3) is 5.34. The average molecular weight is 521 g/mol. The van der Waals surface area contributed by atoms with Gasteiger partial charge in [-0.2, -0.15) is 10.1 Å². The van der Waals surface area contributed by atoms with Crippen LogP contribution in [0.2, 0.25) is 5.02 Å². The van der Waals surface area contributed by atoms with Crippen molar-refractivity contribution in [2.24, 2.45) is 10.1 Å². The highest BCUT2D eigenvalue weighted by Crippen LogP contribution is 2.39. The van der Waals surface area contributed by atoms with Crippen molar-refractivity contribution >= 4 is 51.7 Å². The molecule has 0 radical (unpaired) electrons. The standard InChI is InChI=1S/C27H22ClFN4O2S/c1-16-5-11-21(12-6-16)30-25(34)15-24-26(35)31-27(36-24)33-23(18-3-2-4-19(28)13-18)14-22(32-33)17-7-9-20(29)10-8-17/h2-13,23-24H,14-15H2,1H3,(H,30,34)/t23-,24-/m0/s1. The van der Waals surface area contributed by atoms with E-state index in [-0.39, 0.29) is 30.1 Å². The van der Waals surface area contributed by atoms with E-state index in [1.807, 2.05) is 49.4 Å². The monoisotopic (exact) mass is 520 g/mol. The Morgan fingerprint density at radius 3 is 2.61 bits per heavy atom. The molecule has 36 heavy (non-hydrogen) atoms. The zero-order valence-electron chi connectivity index (χ0n) is 19.3. The average Bonchev–Trinajstić information content (AvgIpc) is 3.45. The van der Waals surface area contributed by atoms with Gasteiger partial charge in [0.25, 0.3) is 5.91 Å². The van der Waals surface area contributed by atoms with Gasteiger partial charge in [0.15, 0.2) is 5.17 Å². The molecular formula is C27H22ClFN4O2S. The van der Waals surface area contributed by atoms with Crippen LogP contribution in [-0.2, 0) is 9.59 Å². The van der Waals surface area contributed by atoms with Crippen molar-refractivity contribution in [3.63, 3.8) is 0 Å². The van der Waals surface area contributed by atoms with Crippen LogP contribution in [0.1, 0.15) is 35.6 Å². The van der Waals surface area contributed by atoms with Gasteiger partial charge in [0, 0.05) is 23.6 Å². The summed E-state index contributed by atoms with van der Waals surface area (Å²) in [4.78, 5) is 29.6. The first-order valence-corrected chi connectivity index (χ1v) is 12.7. The summed E-state index contributed by atoms with van der Waals surface area (Å²) in [6.07, 6.45) is 0.521. The maximum Gasteiger partial charge on any atom is 0.262 e. The molecular weight excluding hydrogens is 499 g/mol. The number of thioether (sulfide) groups is 1. The van der Waals surface area contributed by atoms with Crippen LogP contribution in [0.25, 0.3) is 0 Å². The molecule has 182 valence electrons. The second kappa shape index (κ2) is 10.2. The number of hydrazone groups is 1. The molecule has 3 aromatic carbocycles. The number of anilines is 1. The maximum atomic E-state index is 13.5. The summed E-state index contributed by atoms with van der Waals surface area (Å²) in [6, 6.07) is 20.8. The highest BCUT2D eigenvalue weighted by molar-refractivity contribution is 8.15. The van der Waals surface area contributed by atoms with Crippen LogP contribution in [0.15, 0.2) is 82.9 Å². The van der Waals surface area contributed by atoms with Gasteiger partial charge < -0.3 is 5.32 Å². The first kappa shape index (κ1) is 24.2. The lowest BCUT2D eigenvalue weighted by molar-refractivity contribution is -0.121. The highest BCUT2D eigenvalue weighted by atomic mass is 35.5. The number of hydrogen-bond donors (Lipinski definition) is 1. The van der Waals surface area contributed by atoms with E-state index in [4.69, 9.17) is 16.7 Å². The largest absolute Gasteiger partial charge is 0.326 e. The number of carbonyl (C=O) groups excluding carboxylic acids is 2. The van der Waals surface area contributed by atoms with Gasteiger partial charge in [-0.05, 0) is 54.4 Å². The van der Waals surface area contributed by atoms with Gasteiger partial charge in [0.05, 0.1) is 11.8 Å². The van der Waals surface area contributed by atoms with Crippen LogP contribution < -0.4 is 5.32 Å². The molecule has 5 rings (SSSR count). The Labute approximate surface area is 217 Å². The van der Waals surface area contributed by atoms with Crippen molar-refractivity contribution in [1.29, 1.82) is 0 Å². The molecule has 6 nitrogen and oxygen atoms in total. The minimum absolute atomic E-state index is 0.00538. The summed E-state index contributed by atoms with van der Waals surface area (Å²) in [6.45, 7) is 1.97. The Balaban J connectivity index is 1.35. The number of nitrogens with zero attached hydrogens (tertiary/aromatic N) is 3. The van der Waals surface area contributed by atoms with Crippen molar-refractivity contribution in [2.75, 3.05) is 5.32 Å². The van der Waals surface area contributed by atoms with Crippen molar-refractivity contribution in [1.82, 2.24) is 5.01 Å². The predicted molar refractivity (Wildman–Crippen MR) is 142 cm³/mol. The normalized spacial score (nSPS) is 19.3. The Morgan fingerprint density at radius 2 is 1.89 bits per heavy atom. The second-order valence-electron chi connectivity index (χ2n) is 8.63. The van der Waals surface area contributed by atoms with Crippen LogP contribution in [0.3, 0.4) is 0 Å². The number of amides is 2. The zero-order chi connectivity index (χ0) is 25.2. The first-order valence-electron chi connectivity index (χ1n) is 11.4. The van der Waals surface area contributed by atoms with Gasteiger partial charge in [0.1, 0.15) is 11.1 Å². The van der Waals surface area contributed by atoms with Crippen molar-refractivity contribution < 1.29 is 14.0 Å². The van der Waals surface area contributed by atoms with Crippen LogP contribution in [0, 0.1) is 12.7 Å². The van der Waals surface area contributed by atoms with E-state index in [0.29, 0.717) is 22.3 Å². The number of aryl methyl sites for hydroxylation is 1. The molecule has 2 atom stereocenters. The molecule has 2 aliphatic rings. The third-order valence-corrected chi connectivity index (χ3v) is 7.33. The number of amidine groups is 1. The Bertz CT molecular complexity index is 1380. The predicted octanol–water partition coefficient (Wildman–Crippen LogP) is 5.97. The lowest BCUT2D eigenvalue weighted by Crippen LogP contribution is -2.25. The lowest BCUT2D eigenvalue weighted by Gasteiger charge is -2.23. The number of halogens is 2.